The van der Waals surface area contributed by atoms with Gasteiger partial charge in [-0.1, -0.05) is 18.5 Å². The number of pyridine rings is 1. The molecule has 1 N–H and O–H groups in total. The highest BCUT2D eigenvalue weighted by atomic mass is 35.5. The van der Waals surface area contributed by atoms with Gasteiger partial charge in [0.1, 0.15) is 11.4 Å². The van der Waals surface area contributed by atoms with Crippen molar-refractivity contribution in [3.05, 3.63) is 44.5 Å². The molecule has 0 aliphatic heterocycles. The van der Waals surface area contributed by atoms with Gasteiger partial charge in [0.25, 0.3) is 0 Å². The lowest BCUT2D eigenvalue weighted by atomic mass is 10.1. The molecule has 0 aliphatic carbocycles. The van der Waals surface area contributed by atoms with E-state index in [1.54, 1.807) is 13.8 Å². The molecular weight excluding hydrogens is 285 g/mol. The van der Waals surface area contributed by atoms with Gasteiger partial charge >= 0.3 is 5.97 Å². The molecule has 1 aromatic carbocycles. The van der Waals surface area contributed by atoms with Crippen LogP contribution in [-0.4, -0.2) is 17.6 Å². The van der Waals surface area contributed by atoms with E-state index < -0.39 is 17.2 Å². The maximum absolute atomic E-state index is 13.8. The van der Waals surface area contributed by atoms with Crippen LogP contribution in [0.15, 0.2) is 17.1 Å². The van der Waals surface area contributed by atoms with Gasteiger partial charge in [0.2, 0.25) is 5.43 Å². The minimum Gasteiger partial charge on any atom is -0.462 e. The van der Waals surface area contributed by atoms with Crippen LogP contribution in [0.1, 0.15) is 29.8 Å². The van der Waals surface area contributed by atoms with Crippen molar-refractivity contribution in [3.63, 3.8) is 0 Å². The molecular formula is C14H13ClFNO3. The summed E-state index contributed by atoms with van der Waals surface area (Å²) in [5.41, 5.74) is 0.233. The standard InChI is InChI=1S/C14H13ClFNO3/c1-3-7-11(15)10(16)5-8-12(7)17-6-9(13(8)18)14(19)20-4-2/h5-6H,3-4H2,1-2H3,(H,17,18). The number of H-pyrrole nitrogens is 1. The number of ether oxygens (including phenoxy) is 1. The number of aryl methyl sites for hydroxylation is 1. The molecule has 0 aliphatic rings. The van der Waals surface area contributed by atoms with E-state index in [1.165, 1.54) is 6.20 Å². The van der Waals surface area contributed by atoms with E-state index in [0.29, 0.717) is 17.5 Å². The predicted molar refractivity (Wildman–Crippen MR) is 74.9 cm³/mol. The Balaban J connectivity index is 2.78. The number of nitrogens with one attached hydrogen (secondary N) is 1. The SMILES string of the molecule is CCOC(=O)c1c[nH]c2c(CC)c(Cl)c(F)cc2c1=O. The van der Waals surface area contributed by atoms with Crippen LogP contribution in [-0.2, 0) is 11.2 Å². The first-order valence-electron chi connectivity index (χ1n) is 6.20. The third kappa shape index (κ3) is 2.29. The number of fused-ring (bicyclic) bond motifs is 1. The normalized spacial score (nSPS) is 10.8. The molecule has 0 radical (unpaired) electrons. The third-order valence-electron chi connectivity index (χ3n) is 3.02. The van der Waals surface area contributed by atoms with Crippen LogP contribution < -0.4 is 5.43 Å². The zero-order chi connectivity index (χ0) is 14.9. The van der Waals surface area contributed by atoms with E-state index in [9.17, 15) is 14.0 Å². The molecule has 0 atom stereocenters. The Morgan fingerprint density at radius 2 is 2.15 bits per heavy atom. The van der Waals surface area contributed by atoms with Crippen molar-refractivity contribution < 1.29 is 13.9 Å². The van der Waals surface area contributed by atoms with Crippen LogP contribution in [0.5, 0.6) is 0 Å². The molecule has 1 aromatic heterocycles. The molecule has 20 heavy (non-hydrogen) atoms. The van der Waals surface area contributed by atoms with Gasteiger partial charge in [-0.15, -0.1) is 0 Å². The van der Waals surface area contributed by atoms with E-state index in [2.05, 4.69) is 4.98 Å². The lowest BCUT2D eigenvalue weighted by molar-refractivity contribution is 0.0524. The van der Waals surface area contributed by atoms with Crippen LogP contribution in [0.4, 0.5) is 4.39 Å². The summed E-state index contributed by atoms with van der Waals surface area (Å²) in [5, 5.41) is 0.0776. The zero-order valence-electron chi connectivity index (χ0n) is 11.0. The Kier molecular flexibility index (Phi) is 4.09. The fourth-order valence-corrected chi connectivity index (χ4v) is 2.35. The van der Waals surface area contributed by atoms with Crippen molar-refractivity contribution in [1.29, 1.82) is 0 Å². The van der Waals surface area contributed by atoms with E-state index in [0.717, 1.165) is 6.07 Å². The minimum atomic E-state index is -0.732. The van der Waals surface area contributed by atoms with Crippen LogP contribution in [0.25, 0.3) is 10.9 Å². The Morgan fingerprint density at radius 3 is 2.75 bits per heavy atom. The average molecular weight is 298 g/mol. The summed E-state index contributed by atoms with van der Waals surface area (Å²) in [6.45, 7) is 3.60. The number of carbonyl (C=O) groups excluding carboxylic acids is 1. The summed E-state index contributed by atoms with van der Waals surface area (Å²) >= 11 is 5.89. The molecule has 0 amide bonds. The van der Waals surface area contributed by atoms with E-state index in [-0.39, 0.29) is 22.6 Å². The first-order chi connectivity index (χ1) is 9.51. The van der Waals surface area contributed by atoms with Gasteiger partial charge in [-0.05, 0) is 25.0 Å². The lowest BCUT2D eigenvalue weighted by Gasteiger charge is -2.09. The van der Waals surface area contributed by atoms with Gasteiger partial charge < -0.3 is 9.72 Å². The third-order valence-corrected chi connectivity index (χ3v) is 3.42. The van der Waals surface area contributed by atoms with Crippen LogP contribution in [0.2, 0.25) is 5.02 Å². The number of halogens is 2. The maximum Gasteiger partial charge on any atom is 0.343 e. The second-order valence-electron chi connectivity index (χ2n) is 4.18. The van der Waals surface area contributed by atoms with E-state index in [4.69, 9.17) is 16.3 Å². The largest absolute Gasteiger partial charge is 0.462 e. The van der Waals surface area contributed by atoms with E-state index in [1.807, 2.05) is 0 Å². The molecule has 0 unspecified atom stereocenters. The number of benzene rings is 1. The van der Waals surface area contributed by atoms with Gasteiger partial charge in [0.05, 0.1) is 17.1 Å². The van der Waals surface area contributed by atoms with Gasteiger partial charge in [-0.2, -0.15) is 0 Å². The molecule has 0 saturated carbocycles. The number of esters is 1. The highest BCUT2D eigenvalue weighted by molar-refractivity contribution is 6.32. The first kappa shape index (κ1) is 14.5. The molecule has 2 rings (SSSR count). The number of hydrogen-bond donors (Lipinski definition) is 1. The van der Waals surface area contributed by atoms with E-state index >= 15 is 0 Å². The van der Waals surface area contributed by atoms with Crippen LogP contribution >= 0.6 is 11.6 Å². The van der Waals surface area contributed by atoms with Crippen molar-refractivity contribution in [3.8, 4) is 0 Å². The second-order valence-corrected chi connectivity index (χ2v) is 4.56. The van der Waals surface area contributed by atoms with Gasteiger partial charge in [0, 0.05) is 11.6 Å². The summed E-state index contributed by atoms with van der Waals surface area (Å²) in [7, 11) is 0. The number of hydrogen-bond acceptors (Lipinski definition) is 3. The summed E-state index contributed by atoms with van der Waals surface area (Å²) in [5.74, 6) is -1.41. The quantitative estimate of drug-likeness (QED) is 0.886. The Hall–Kier alpha value is -1.88. The number of rotatable bonds is 3. The Morgan fingerprint density at radius 1 is 1.45 bits per heavy atom. The molecule has 1 heterocycles. The molecule has 106 valence electrons. The first-order valence-corrected chi connectivity index (χ1v) is 6.58. The molecule has 4 nitrogen and oxygen atoms in total. The van der Waals surface area contributed by atoms with Gasteiger partial charge in [-0.25, -0.2) is 9.18 Å². The predicted octanol–water partition coefficient (Wildman–Crippen LogP) is 3.06. The van der Waals surface area contributed by atoms with Gasteiger partial charge in [-0.3, -0.25) is 4.79 Å². The molecule has 0 fully saturated rings. The van der Waals surface area contributed by atoms with Crippen molar-refractivity contribution >= 4 is 28.5 Å². The second kappa shape index (κ2) is 5.63. The fourth-order valence-electron chi connectivity index (χ4n) is 2.07. The zero-order valence-corrected chi connectivity index (χ0v) is 11.8. The number of carbonyl (C=O) groups is 1. The maximum atomic E-state index is 13.8. The van der Waals surface area contributed by atoms with Crippen molar-refractivity contribution in [2.24, 2.45) is 0 Å². The highest BCUT2D eigenvalue weighted by Crippen LogP contribution is 2.27. The van der Waals surface area contributed by atoms with Crippen molar-refractivity contribution in [2.75, 3.05) is 6.61 Å². The average Bonchev–Trinajstić information content (AvgIpc) is 2.42. The molecule has 6 heteroatoms. The molecule has 0 saturated heterocycles. The Bertz CT molecular complexity index is 739. The summed E-state index contributed by atoms with van der Waals surface area (Å²) in [4.78, 5) is 26.7. The van der Waals surface area contributed by atoms with Crippen molar-refractivity contribution in [2.45, 2.75) is 20.3 Å². The highest BCUT2D eigenvalue weighted by Gasteiger charge is 2.18. The smallest absolute Gasteiger partial charge is 0.343 e. The summed E-state index contributed by atoms with van der Waals surface area (Å²) < 4.78 is 18.5. The molecule has 2 aromatic rings. The topological polar surface area (TPSA) is 59.2 Å². The van der Waals surface area contributed by atoms with Crippen LogP contribution in [0, 0.1) is 5.82 Å². The summed E-state index contributed by atoms with van der Waals surface area (Å²) in [6.07, 6.45) is 1.73. The van der Waals surface area contributed by atoms with Crippen LogP contribution in [0.3, 0.4) is 0 Å². The number of aromatic amines is 1. The molecule has 0 bridgehead atoms. The van der Waals surface area contributed by atoms with Gasteiger partial charge in [0.15, 0.2) is 0 Å². The van der Waals surface area contributed by atoms with Crippen molar-refractivity contribution in [1.82, 2.24) is 4.98 Å². The fraction of sp³-hybridized carbons (Fsp3) is 0.286. The lowest BCUT2D eigenvalue weighted by Crippen LogP contribution is -2.18. The summed E-state index contributed by atoms with van der Waals surface area (Å²) in [6, 6.07) is 1.04. The monoisotopic (exact) mass is 297 g/mol. The number of aromatic nitrogens is 1. The molecule has 0 spiro atoms. The Labute approximate surface area is 119 Å². The minimum absolute atomic E-state index is 0.0143.